The molecular formula is C13H11NO2. The molecule has 0 heterocycles. The van der Waals surface area contributed by atoms with Crippen LogP contribution in [0.2, 0.25) is 0 Å². The normalized spacial score (nSPS) is 17.2. The van der Waals surface area contributed by atoms with Crippen molar-refractivity contribution in [2.45, 2.75) is 25.2 Å². The van der Waals surface area contributed by atoms with Gasteiger partial charge in [0.05, 0.1) is 18.1 Å². The number of hydrogen-bond donors (Lipinski definition) is 0. The topological polar surface area (TPSA) is 57.9 Å². The van der Waals surface area contributed by atoms with Crippen LogP contribution in [0.4, 0.5) is 0 Å². The maximum atomic E-state index is 11.3. The molecule has 0 saturated heterocycles. The second-order valence-electron chi connectivity index (χ2n) is 4.10. The molecule has 0 bridgehead atoms. The molecule has 80 valence electrons. The fourth-order valence-electron chi connectivity index (χ4n) is 2.08. The van der Waals surface area contributed by atoms with Crippen molar-refractivity contribution in [1.29, 1.82) is 5.26 Å². The number of nitrogens with zero attached hydrogens (tertiary/aromatic N) is 1. The molecule has 0 aliphatic heterocycles. The number of benzene rings is 1. The SMILES string of the molecule is N#Cc1cccc(C2CC(=O)CC(=O)C2)c1. The van der Waals surface area contributed by atoms with Gasteiger partial charge in [-0.1, -0.05) is 12.1 Å². The monoisotopic (exact) mass is 213 g/mol. The smallest absolute Gasteiger partial charge is 0.140 e. The number of carbonyl (C=O) groups excluding carboxylic acids is 2. The lowest BCUT2D eigenvalue weighted by Gasteiger charge is -2.20. The van der Waals surface area contributed by atoms with Gasteiger partial charge in [0.1, 0.15) is 11.6 Å². The van der Waals surface area contributed by atoms with Crippen LogP contribution in [0.1, 0.15) is 36.3 Å². The quantitative estimate of drug-likeness (QED) is 0.670. The summed E-state index contributed by atoms with van der Waals surface area (Å²) in [6.45, 7) is 0. The van der Waals surface area contributed by atoms with E-state index in [2.05, 4.69) is 6.07 Å². The number of hydrogen-bond acceptors (Lipinski definition) is 3. The molecule has 1 saturated carbocycles. The van der Waals surface area contributed by atoms with Crippen molar-refractivity contribution in [2.24, 2.45) is 0 Å². The van der Waals surface area contributed by atoms with E-state index < -0.39 is 0 Å². The van der Waals surface area contributed by atoms with E-state index in [-0.39, 0.29) is 23.9 Å². The molecule has 1 aromatic rings. The summed E-state index contributed by atoms with van der Waals surface area (Å²) in [5.41, 5.74) is 1.49. The average molecular weight is 213 g/mol. The zero-order chi connectivity index (χ0) is 11.5. The van der Waals surface area contributed by atoms with Gasteiger partial charge in [0, 0.05) is 12.8 Å². The van der Waals surface area contributed by atoms with E-state index in [9.17, 15) is 9.59 Å². The van der Waals surface area contributed by atoms with E-state index >= 15 is 0 Å². The maximum absolute atomic E-state index is 11.3. The zero-order valence-electron chi connectivity index (χ0n) is 8.77. The third-order valence-electron chi connectivity index (χ3n) is 2.83. The molecule has 3 heteroatoms. The largest absolute Gasteiger partial charge is 0.299 e. The number of Topliss-reactive ketones (excluding diaryl/α,β-unsaturated/α-hetero) is 2. The molecule has 0 aromatic heterocycles. The molecule has 3 nitrogen and oxygen atoms in total. The highest BCUT2D eigenvalue weighted by atomic mass is 16.1. The van der Waals surface area contributed by atoms with Crippen molar-refractivity contribution in [3.63, 3.8) is 0 Å². The van der Waals surface area contributed by atoms with Gasteiger partial charge < -0.3 is 0 Å². The number of rotatable bonds is 1. The predicted octanol–water partition coefficient (Wildman–Crippen LogP) is 1.96. The zero-order valence-corrected chi connectivity index (χ0v) is 8.77. The van der Waals surface area contributed by atoms with E-state index in [1.165, 1.54) is 0 Å². The second kappa shape index (κ2) is 4.28. The molecule has 16 heavy (non-hydrogen) atoms. The first-order valence-electron chi connectivity index (χ1n) is 5.22. The molecule has 0 spiro atoms. The summed E-state index contributed by atoms with van der Waals surface area (Å²) in [5.74, 6) is -0.0331. The van der Waals surface area contributed by atoms with Crippen molar-refractivity contribution in [2.75, 3.05) is 0 Å². The van der Waals surface area contributed by atoms with Crippen molar-refractivity contribution >= 4 is 11.6 Å². The molecule has 1 aromatic carbocycles. The first-order valence-corrected chi connectivity index (χ1v) is 5.22. The Morgan fingerprint density at radius 1 is 1.19 bits per heavy atom. The van der Waals surface area contributed by atoms with Crippen LogP contribution in [0.15, 0.2) is 24.3 Å². The fraction of sp³-hybridized carbons (Fsp3) is 0.308. The van der Waals surface area contributed by atoms with Crippen LogP contribution in [-0.2, 0) is 9.59 Å². The highest BCUT2D eigenvalue weighted by Crippen LogP contribution is 2.29. The van der Waals surface area contributed by atoms with Gasteiger partial charge in [-0.25, -0.2) is 0 Å². The van der Waals surface area contributed by atoms with E-state index in [0.717, 1.165) is 5.56 Å². The fourth-order valence-corrected chi connectivity index (χ4v) is 2.08. The summed E-state index contributed by atoms with van der Waals surface area (Å²) < 4.78 is 0. The van der Waals surface area contributed by atoms with Gasteiger partial charge >= 0.3 is 0 Å². The lowest BCUT2D eigenvalue weighted by Crippen LogP contribution is -2.21. The Morgan fingerprint density at radius 3 is 2.50 bits per heavy atom. The standard InChI is InChI=1S/C13H11NO2/c14-8-9-2-1-3-10(4-9)11-5-12(15)7-13(16)6-11/h1-4,11H,5-7H2. The van der Waals surface area contributed by atoms with Gasteiger partial charge in [-0.2, -0.15) is 5.26 Å². The summed E-state index contributed by atoms with van der Waals surface area (Å²) >= 11 is 0. The van der Waals surface area contributed by atoms with E-state index in [0.29, 0.717) is 18.4 Å². The van der Waals surface area contributed by atoms with Gasteiger partial charge in [-0.3, -0.25) is 9.59 Å². The third-order valence-corrected chi connectivity index (χ3v) is 2.83. The van der Waals surface area contributed by atoms with Gasteiger partial charge in [0.25, 0.3) is 0 Å². The summed E-state index contributed by atoms with van der Waals surface area (Å²) in [6.07, 6.45) is 0.912. The van der Waals surface area contributed by atoms with Gasteiger partial charge in [0.2, 0.25) is 0 Å². The second-order valence-corrected chi connectivity index (χ2v) is 4.10. The van der Waals surface area contributed by atoms with Gasteiger partial charge in [0.15, 0.2) is 0 Å². The molecule has 0 unspecified atom stereocenters. The molecule has 1 aliphatic carbocycles. The Kier molecular flexibility index (Phi) is 2.82. The van der Waals surface area contributed by atoms with Crippen molar-refractivity contribution in [3.05, 3.63) is 35.4 Å². The van der Waals surface area contributed by atoms with Crippen LogP contribution < -0.4 is 0 Å². The van der Waals surface area contributed by atoms with Crippen LogP contribution in [0.3, 0.4) is 0 Å². The highest BCUT2D eigenvalue weighted by molar-refractivity contribution is 6.02. The summed E-state index contributed by atoms with van der Waals surface area (Å²) in [4.78, 5) is 22.7. The van der Waals surface area contributed by atoms with Crippen LogP contribution in [-0.4, -0.2) is 11.6 Å². The van der Waals surface area contributed by atoms with Crippen LogP contribution in [0, 0.1) is 11.3 Å². The lowest BCUT2D eigenvalue weighted by atomic mass is 9.82. The summed E-state index contributed by atoms with van der Waals surface area (Å²) in [6, 6.07) is 9.20. The molecule has 2 rings (SSSR count). The van der Waals surface area contributed by atoms with Crippen molar-refractivity contribution in [3.8, 4) is 6.07 Å². The van der Waals surface area contributed by atoms with E-state index in [1.807, 2.05) is 6.07 Å². The number of ketones is 2. The average Bonchev–Trinajstić information content (AvgIpc) is 2.28. The Hall–Kier alpha value is -1.95. The Bertz CT molecular complexity index is 469. The Labute approximate surface area is 93.7 Å². The minimum atomic E-state index is -0.0398. The summed E-state index contributed by atoms with van der Waals surface area (Å²) in [5, 5.41) is 8.78. The molecule has 1 fully saturated rings. The Morgan fingerprint density at radius 2 is 1.88 bits per heavy atom. The van der Waals surface area contributed by atoms with Gasteiger partial charge in [-0.15, -0.1) is 0 Å². The highest BCUT2D eigenvalue weighted by Gasteiger charge is 2.26. The van der Waals surface area contributed by atoms with Crippen LogP contribution in [0.5, 0.6) is 0 Å². The summed E-state index contributed by atoms with van der Waals surface area (Å²) in [7, 11) is 0. The first kappa shape index (κ1) is 10.6. The van der Waals surface area contributed by atoms with E-state index in [4.69, 9.17) is 5.26 Å². The minimum absolute atomic E-state index is 0.00334. The molecule has 1 aliphatic rings. The molecule has 0 N–H and O–H groups in total. The van der Waals surface area contributed by atoms with Crippen molar-refractivity contribution < 1.29 is 9.59 Å². The molecule has 0 atom stereocenters. The number of nitriles is 1. The maximum Gasteiger partial charge on any atom is 0.140 e. The predicted molar refractivity (Wildman–Crippen MR) is 57.8 cm³/mol. The van der Waals surface area contributed by atoms with Gasteiger partial charge in [-0.05, 0) is 23.6 Å². The number of carbonyl (C=O) groups is 2. The molecular weight excluding hydrogens is 202 g/mol. The van der Waals surface area contributed by atoms with Crippen LogP contribution in [0.25, 0.3) is 0 Å². The first-order chi connectivity index (χ1) is 7.69. The third kappa shape index (κ3) is 2.17. The van der Waals surface area contributed by atoms with Crippen molar-refractivity contribution in [1.82, 2.24) is 0 Å². The molecule has 0 amide bonds. The lowest BCUT2D eigenvalue weighted by molar-refractivity contribution is -0.130. The van der Waals surface area contributed by atoms with Crippen LogP contribution >= 0.6 is 0 Å². The Balaban J connectivity index is 2.26. The molecule has 0 radical (unpaired) electrons. The minimum Gasteiger partial charge on any atom is -0.299 e. The van der Waals surface area contributed by atoms with E-state index in [1.54, 1.807) is 18.2 Å².